The van der Waals surface area contributed by atoms with Crippen molar-refractivity contribution in [3.05, 3.63) is 29.5 Å². The number of furan rings is 1. The fourth-order valence-electron chi connectivity index (χ4n) is 1.83. The van der Waals surface area contributed by atoms with Gasteiger partial charge in [-0.15, -0.1) is 0 Å². The SMILES string of the molecule is O=C(O)c1ccc(S(=O)(=O)N2CC=C(C(F)(F)F)CC2)o1. The Morgan fingerprint density at radius 1 is 1.33 bits per heavy atom. The summed E-state index contributed by atoms with van der Waals surface area (Å²) in [6.45, 7) is -0.795. The smallest absolute Gasteiger partial charge is 0.412 e. The molecule has 0 aliphatic carbocycles. The number of sulfonamides is 1. The summed E-state index contributed by atoms with van der Waals surface area (Å²) in [7, 11) is -4.15. The maximum absolute atomic E-state index is 12.5. The Bertz CT molecular complexity index is 689. The maximum atomic E-state index is 12.5. The van der Waals surface area contributed by atoms with E-state index in [1.807, 2.05) is 0 Å². The first-order valence-electron chi connectivity index (χ1n) is 5.72. The van der Waals surface area contributed by atoms with Gasteiger partial charge >= 0.3 is 12.1 Å². The number of aromatic carboxylic acids is 1. The number of hydrogen-bond donors (Lipinski definition) is 1. The number of carbonyl (C=O) groups is 1. The molecule has 0 atom stereocenters. The Labute approximate surface area is 117 Å². The van der Waals surface area contributed by atoms with E-state index in [1.54, 1.807) is 0 Å². The molecule has 0 bridgehead atoms. The van der Waals surface area contributed by atoms with E-state index >= 15 is 0 Å². The van der Waals surface area contributed by atoms with E-state index < -0.39 is 51.6 Å². The Balaban J connectivity index is 2.22. The van der Waals surface area contributed by atoms with E-state index in [-0.39, 0.29) is 6.54 Å². The monoisotopic (exact) mass is 325 g/mol. The first-order chi connectivity index (χ1) is 9.62. The molecule has 6 nitrogen and oxygen atoms in total. The van der Waals surface area contributed by atoms with E-state index in [0.29, 0.717) is 0 Å². The highest BCUT2D eigenvalue weighted by atomic mass is 32.2. The highest BCUT2D eigenvalue weighted by Gasteiger charge is 2.38. The largest absolute Gasteiger partial charge is 0.475 e. The van der Waals surface area contributed by atoms with Crippen LogP contribution >= 0.6 is 0 Å². The van der Waals surface area contributed by atoms with Crippen LogP contribution in [0.4, 0.5) is 13.2 Å². The van der Waals surface area contributed by atoms with E-state index in [0.717, 1.165) is 22.5 Å². The van der Waals surface area contributed by atoms with Crippen LogP contribution in [0.3, 0.4) is 0 Å². The minimum Gasteiger partial charge on any atom is -0.475 e. The second-order valence-electron chi connectivity index (χ2n) is 4.26. The van der Waals surface area contributed by atoms with Gasteiger partial charge in [-0.3, -0.25) is 0 Å². The van der Waals surface area contributed by atoms with Crippen LogP contribution in [0.1, 0.15) is 17.0 Å². The van der Waals surface area contributed by atoms with Crippen molar-refractivity contribution >= 4 is 16.0 Å². The summed E-state index contributed by atoms with van der Waals surface area (Å²) in [4.78, 5) is 10.6. The van der Waals surface area contributed by atoms with Crippen LogP contribution in [0.2, 0.25) is 0 Å². The molecule has 21 heavy (non-hydrogen) atoms. The minimum atomic E-state index is -4.48. The van der Waals surface area contributed by atoms with Gasteiger partial charge in [-0.25, -0.2) is 13.2 Å². The van der Waals surface area contributed by atoms with Crippen molar-refractivity contribution in [3.8, 4) is 0 Å². The van der Waals surface area contributed by atoms with Crippen LogP contribution in [-0.4, -0.2) is 43.1 Å². The molecule has 0 amide bonds. The minimum absolute atomic E-state index is 0.350. The molecule has 2 rings (SSSR count). The number of carboxylic acid groups (broad SMARTS) is 1. The van der Waals surface area contributed by atoms with Crippen LogP contribution < -0.4 is 0 Å². The normalized spacial score (nSPS) is 17.6. The third kappa shape index (κ3) is 3.10. The summed E-state index contributed by atoms with van der Waals surface area (Å²) in [5, 5.41) is 8.05. The van der Waals surface area contributed by atoms with Gasteiger partial charge in [-0.1, -0.05) is 6.08 Å². The summed E-state index contributed by atoms with van der Waals surface area (Å²) < 4.78 is 67.1. The third-order valence-electron chi connectivity index (χ3n) is 2.92. The van der Waals surface area contributed by atoms with E-state index in [2.05, 4.69) is 4.42 Å². The summed E-state index contributed by atoms with van der Waals surface area (Å²) in [6.07, 6.45) is -4.14. The molecule has 0 radical (unpaired) electrons. The standard InChI is InChI=1S/C11H10F3NO5S/c12-11(13,14)7-3-5-15(6-4-7)21(18,19)9-2-1-8(20-9)10(16)17/h1-3H,4-6H2,(H,16,17). The summed E-state index contributed by atoms with van der Waals surface area (Å²) in [5.74, 6) is -1.99. The van der Waals surface area contributed by atoms with Crippen LogP contribution in [-0.2, 0) is 10.0 Å². The molecule has 0 fully saturated rings. The zero-order valence-electron chi connectivity index (χ0n) is 10.4. The molecule has 0 unspecified atom stereocenters. The van der Waals surface area contributed by atoms with Crippen molar-refractivity contribution in [3.63, 3.8) is 0 Å². The Hall–Kier alpha value is -1.81. The number of nitrogens with zero attached hydrogens (tertiary/aromatic N) is 1. The van der Waals surface area contributed by atoms with Crippen molar-refractivity contribution in [2.45, 2.75) is 17.7 Å². The van der Waals surface area contributed by atoms with E-state index in [4.69, 9.17) is 5.11 Å². The van der Waals surface area contributed by atoms with Gasteiger partial charge in [0.15, 0.2) is 0 Å². The van der Waals surface area contributed by atoms with Gasteiger partial charge in [0, 0.05) is 18.7 Å². The molecule has 1 aromatic rings. The predicted octanol–water partition coefficient (Wildman–Crippen LogP) is 1.86. The molecule has 1 aromatic heterocycles. The second-order valence-corrected chi connectivity index (χ2v) is 6.13. The lowest BCUT2D eigenvalue weighted by atomic mass is 10.1. The van der Waals surface area contributed by atoms with Gasteiger partial charge in [0.2, 0.25) is 10.9 Å². The van der Waals surface area contributed by atoms with Crippen LogP contribution in [0.5, 0.6) is 0 Å². The highest BCUT2D eigenvalue weighted by molar-refractivity contribution is 7.89. The van der Waals surface area contributed by atoms with Crippen LogP contribution in [0.15, 0.2) is 33.3 Å². The van der Waals surface area contributed by atoms with E-state index in [9.17, 15) is 26.4 Å². The quantitative estimate of drug-likeness (QED) is 0.857. The van der Waals surface area contributed by atoms with Crippen LogP contribution in [0.25, 0.3) is 0 Å². The highest BCUT2D eigenvalue weighted by Crippen LogP contribution is 2.31. The number of alkyl halides is 3. The van der Waals surface area contributed by atoms with Gasteiger partial charge < -0.3 is 9.52 Å². The first-order valence-corrected chi connectivity index (χ1v) is 7.16. The molecule has 1 aliphatic rings. The van der Waals surface area contributed by atoms with Gasteiger partial charge in [0.1, 0.15) is 0 Å². The van der Waals surface area contributed by atoms with Gasteiger partial charge in [-0.05, 0) is 18.6 Å². The maximum Gasteiger partial charge on any atom is 0.412 e. The summed E-state index contributed by atoms with van der Waals surface area (Å²) >= 11 is 0. The number of carboxylic acids is 1. The molecular formula is C11H10F3NO5S. The number of halogens is 3. The zero-order valence-corrected chi connectivity index (χ0v) is 11.2. The van der Waals surface area contributed by atoms with E-state index in [1.165, 1.54) is 0 Å². The lowest BCUT2D eigenvalue weighted by molar-refractivity contribution is -0.0953. The zero-order chi connectivity index (χ0) is 15.8. The van der Waals surface area contributed by atoms with Crippen molar-refractivity contribution < 1.29 is 35.9 Å². The molecular weight excluding hydrogens is 315 g/mol. The fourth-order valence-corrected chi connectivity index (χ4v) is 3.12. The topological polar surface area (TPSA) is 87.8 Å². The van der Waals surface area contributed by atoms with Crippen molar-refractivity contribution in [2.24, 2.45) is 0 Å². The molecule has 2 heterocycles. The third-order valence-corrected chi connectivity index (χ3v) is 4.66. The predicted molar refractivity (Wildman–Crippen MR) is 63.2 cm³/mol. The molecule has 0 saturated heterocycles. The average molecular weight is 325 g/mol. The fraction of sp³-hybridized carbons (Fsp3) is 0.364. The molecule has 1 aliphatic heterocycles. The lowest BCUT2D eigenvalue weighted by Crippen LogP contribution is -2.36. The Kier molecular flexibility index (Phi) is 3.85. The summed E-state index contributed by atoms with van der Waals surface area (Å²) in [5.41, 5.74) is -0.778. The van der Waals surface area contributed by atoms with Crippen molar-refractivity contribution in [2.75, 3.05) is 13.1 Å². The molecule has 1 N–H and O–H groups in total. The first kappa shape index (κ1) is 15.6. The number of hydrogen-bond acceptors (Lipinski definition) is 4. The number of rotatable bonds is 3. The lowest BCUT2D eigenvalue weighted by Gasteiger charge is -2.25. The molecule has 10 heteroatoms. The Morgan fingerprint density at radius 2 is 2.00 bits per heavy atom. The average Bonchev–Trinajstić information content (AvgIpc) is 2.88. The molecule has 0 saturated carbocycles. The molecule has 0 aromatic carbocycles. The second kappa shape index (κ2) is 5.19. The van der Waals surface area contributed by atoms with Gasteiger partial charge in [-0.2, -0.15) is 17.5 Å². The summed E-state index contributed by atoms with van der Waals surface area (Å²) in [6, 6.07) is 1.93. The molecule has 0 spiro atoms. The van der Waals surface area contributed by atoms with Gasteiger partial charge in [0.25, 0.3) is 10.0 Å². The van der Waals surface area contributed by atoms with Gasteiger partial charge in [0.05, 0.1) is 0 Å². The van der Waals surface area contributed by atoms with Crippen molar-refractivity contribution in [1.82, 2.24) is 4.31 Å². The molecule has 116 valence electrons. The van der Waals surface area contributed by atoms with Crippen LogP contribution in [0, 0.1) is 0 Å². The van der Waals surface area contributed by atoms with Crippen molar-refractivity contribution in [1.29, 1.82) is 0 Å². The Morgan fingerprint density at radius 3 is 2.43 bits per heavy atom.